The molecule has 3 rings (SSSR count). The molecule has 100 valence electrons. The van der Waals surface area contributed by atoms with E-state index in [0.717, 1.165) is 22.3 Å². The first kappa shape index (κ1) is 12.2. The number of aromatic nitrogens is 2. The molecule has 2 amide bonds. The van der Waals surface area contributed by atoms with E-state index in [9.17, 15) is 4.79 Å². The molecule has 5 nitrogen and oxygen atoms in total. The molecule has 0 atom stereocenters. The van der Waals surface area contributed by atoms with Gasteiger partial charge in [-0.3, -0.25) is 0 Å². The number of amides is 2. The molecule has 0 saturated heterocycles. The number of carbonyl (C=O) groups excluding carboxylic acids is 1. The van der Waals surface area contributed by atoms with E-state index in [4.69, 9.17) is 0 Å². The molecule has 3 aromatic rings. The van der Waals surface area contributed by atoms with Crippen LogP contribution < -0.4 is 10.6 Å². The normalized spacial score (nSPS) is 10.4. The summed E-state index contributed by atoms with van der Waals surface area (Å²) in [4.78, 5) is 19.0. The fourth-order valence-electron chi connectivity index (χ4n) is 1.97. The molecular formula is C15H14N4O. The van der Waals surface area contributed by atoms with Crippen molar-refractivity contribution in [2.75, 3.05) is 5.32 Å². The fraction of sp³-hybridized carbons (Fsp3) is 0.0667. The van der Waals surface area contributed by atoms with Crippen molar-refractivity contribution in [3.63, 3.8) is 0 Å². The van der Waals surface area contributed by atoms with E-state index in [0.29, 0.717) is 6.54 Å². The molecule has 0 saturated carbocycles. The summed E-state index contributed by atoms with van der Waals surface area (Å²) in [7, 11) is 0. The van der Waals surface area contributed by atoms with Gasteiger partial charge in [-0.05, 0) is 23.8 Å². The standard InChI is InChI=1S/C15H14N4O/c20-15(16-9-11-4-2-1-3-5-11)19-12-6-7-13-14(8-12)18-10-17-13/h1-8,10H,9H2,(H,17,18)(H2,16,19,20). The van der Waals surface area contributed by atoms with Gasteiger partial charge in [0.15, 0.2) is 0 Å². The van der Waals surface area contributed by atoms with Crippen molar-refractivity contribution in [2.24, 2.45) is 0 Å². The van der Waals surface area contributed by atoms with E-state index < -0.39 is 0 Å². The number of fused-ring (bicyclic) bond motifs is 1. The van der Waals surface area contributed by atoms with E-state index in [1.165, 1.54) is 0 Å². The topological polar surface area (TPSA) is 69.8 Å². The van der Waals surface area contributed by atoms with Crippen LogP contribution in [0.5, 0.6) is 0 Å². The van der Waals surface area contributed by atoms with Crippen LogP contribution in [0.1, 0.15) is 5.56 Å². The van der Waals surface area contributed by atoms with E-state index in [2.05, 4.69) is 20.6 Å². The van der Waals surface area contributed by atoms with Crippen molar-refractivity contribution in [3.8, 4) is 0 Å². The first-order chi connectivity index (χ1) is 9.81. The Balaban J connectivity index is 1.61. The van der Waals surface area contributed by atoms with Crippen LogP contribution in [0.25, 0.3) is 11.0 Å². The minimum absolute atomic E-state index is 0.229. The summed E-state index contributed by atoms with van der Waals surface area (Å²) < 4.78 is 0. The molecule has 0 aliphatic rings. The molecule has 3 N–H and O–H groups in total. The number of aromatic amines is 1. The van der Waals surface area contributed by atoms with Crippen LogP contribution >= 0.6 is 0 Å². The lowest BCUT2D eigenvalue weighted by atomic mass is 10.2. The van der Waals surface area contributed by atoms with Gasteiger partial charge in [-0.15, -0.1) is 0 Å². The molecule has 2 aromatic carbocycles. The van der Waals surface area contributed by atoms with Gasteiger partial charge in [-0.1, -0.05) is 30.3 Å². The average molecular weight is 266 g/mol. The number of urea groups is 1. The maximum atomic E-state index is 11.8. The fourth-order valence-corrected chi connectivity index (χ4v) is 1.97. The Labute approximate surface area is 116 Å². The molecule has 1 heterocycles. The Morgan fingerprint density at radius 3 is 2.85 bits per heavy atom. The van der Waals surface area contributed by atoms with E-state index in [1.54, 1.807) is 6.33 Å². The summed E-state index contributed by atoms with van der Waals surface area (Å²) in [5.41, 5.74) is 3.56. The lowest BCUT2D eigenvalue weighted by Crippen LogP contribution is -2.28. The molecule has 0 aliphatic heterocycles. The number of imidazole rings is 1. The van der Waals surface area contributed by atoms with Gasteiger partial charge in [0.05, 0.1) is 17.4 Å². The van der Waals surface area contributed by atoms with Crippen LogP contribution in [-0.4, -0.2) is 16.0 Å². The zero-order chi connectivity index (χ0) is 13.8. The number of nitrogens with zero attached hydrogens (tertiary/aromatic N) is 1. The van der Waals surface area contributed by atoms with Crippen LogP contribution in [0.4, 0.5) is 10.5 Å². The summed E-state index contributed by atoms with van der Waals surface area (Å²) in [5, 5.41) is 5.61. The van der Waals surface area contributed by atoms with E-state index in [1.807, 2.05) is 48.5 Å². The maximum absolute atomic E-state index is 11.8. The van der Waals surface area contributed by atoms with Crippen molar-refractivity contribution < 1.29 is 4.79 Å². The lowest BCUT2D eigenvalue weighted by Gasteiger charge is -2.07. The molecule has 0 bridgehead atoms. The van der Waals surface area contributed by atoms with Gasteiger partial charge in [0.2, 0.25) is 0 Å². The summed E-state index contributed by atoms with van der Waals surface area (Å²) >= 11 is 0. The number of H-pyrrole nitrogens is 1. The smallest absolute Gasteiger partial charge is 0.319 e. The molecule has 20 heavy (non-hydrogen) atoms. The minimum Gasteiger partial charge on any atom is -0.345 e. The van der Waals surface area contributed by atoms with Crippen LogP contribution in [-0.2, 0) is 6.54 Å². The van der Waals surface area contributed by atoms with Gasteiger partial charge in [-0.2, -0.15) is 0 Å². The minimum atomic E-state index is -0.229. The molecule has 0 fully saturated rings. The van der Waals surface area contributed by atoms with Crippen LogP contribution in [0, 0.1) is 0 Å². The van der Waals surface area contributed by atoms with Crippen molar-refractivity contribution in [3.05, 3.63) is 60.4 Å². The highest BCUT2D eigenvalue weighted by molar-refractivity contribution is 5.91. The number of carbonyl (C=O) groups is 1. The second kappa shape index (κ2) is 5.44. The molecule has 1 aromatic heterocycles. The summed E-state index contributed by atoms with van der Waals surface area (Å²) in [6, 6.07) is 15.1. The third-order valence-electron chi connectivity index (χ3n) is 2.97. The van der Waals surface area contributed by atoms with E-state index >= 15 is 0 Å². The number of rotatable bonds is 3. The number of benzene rings is 2. The lowest BCUT2D eigenvalue weighted by molar-refractivity contribution is 0.251. The Morgan fingerprint density at radius 2 is 2.00 bits per heavy atom. The zero-order valence-electron chi connectivity index (χ0n) is 10.8. The molecular weight excluding hydrogens is 252 g/mol. The van der Waals surface area contributed by atoms with Gasteiger partial charge >= 0.3 is 6.03 Å². The van der Waals surface area contributed by atoms with Crippen LogP contribution in [0.2, 0.25) is 0 Å². The van der Waals surface area contributed by atoms with Gasteiger partial charge in [0, 0.05) is 12.2 Å². The molecule has 0 spiro atoms. The largest absolute Gasteiger partial charge is 0.345 e. The average Bonchev–Trinajstić information content (AvgIpc) is 2.94. The highest BCUT2D eigenvalue weighted by Gasteiger charge is 2.03. The SMILES string of the molecule is O=C(NCc1ccccc1)Nc1ccc2nc[nH]c2c1. The Morgan fingerprint density at radius 1 is 1.15 bits per heavy atom. The van der Waals surface area contributed by atoms with Crippen molar-refractivity contribution >= 4 is 22.8 Å². The van der Waals surface area contributed by atoms with Gasteiger partial charge in [0.1, 0.15) is 0 Å². The predicted octanol–water partition coefficient (Wildman–Crippen LogP) is 2.88. The summed E-state index contributed by atoms with van der Waals surface area (Å²) in [6.45, 7) is 0.499. The quantitative estimate of drug-likeness (QED) is 0.682. The predicted molar refractivity (Wildman–Crippen MR) is 78.4 cm³/mol. The molecule has 0 radical (unpaired) electrons. The Hall–Kier alpha value is -2.82. The molecule has 0 unspecified atom stereocenters. The summed E-state index contributed by atoms with van der Waals surface area (Å²) in [6.07, 6.45) is 1.63. The second-order valence-corrected chi connectivity index (χ2v) is 4.43. The van der Waals surface area contributed by atoms with Crippen molar-refractivity contribution in [1.29, 1.82) is 0 Å². The summed E-state index contributed by atoms with van der Waals surface area (Å²) in [5.74, 6) is 0. The first-order valence-electron chi connectivity index (χ1n) is 6.33. The Bertz CT molecular complexity index is 721. The number of nitrogens with one attached hydrogen (secondary N) is 3. The van der Waals surface area contributed by atoms with Crippen LogP contribution in [0.3, 0.4) is 0 Å². The van der Waals surface area contributed by atoms with Crippen LogP contribution in [0.15, 0.2) is 54.9 Å². The van der Waals surface area contributed by atoms with E-state index in [-0.39, 0.29) is 6.03 Å². The third kappa shape index (κ3) is 2.77. The Kier molecular flexibility index (Phi) is 3.33. The first-order valence-corrected chi connectivity index (χ1v) is 6.33. The van der Waals surface area contributed by atoms with Gasteiger partial charge in [0.25, 0.3) is 0 Å². The van der Waals surface area contributed by atoms with Crippen molar-refractivity contribution in [2.45, 2.75) is 6.54 Å². The van der Waals surface area contributed by atoms with Crippen molar-refractivity contribution in [1.82, 2.24) is 15.3 Å². The third-order valence-corrected chi connectivity index (χ3v) is 2.97. The van der Waals surface area contributed by atoms with Gasteiger partial charge in [-0.25, -0.2) is 9.78 Å². The number of hydrogen-bond acceptors (Lipinski definition) is 2. The zero-order valence-corrected chi connectivity index (χ0v) is 10.8. The number of anilines is 1. The highest BCUT2D eigenvalue weighted by Crippen LogP contribution is 2.15. The number of hydrogen-bond donors (Lipinski definition) is 3. The molecule has 5 heteroatoms. The maximum Gasteiger partial charge on any atom is 0.319 e. The monoisotopic (exact) mass is 266 g/mol. The second-order valence-electron chi connectivity index (χ2n) is 4.43. The highest BCUT2D eigenvalue weighted by atomic mass is 16.2. The molecule has 0 aliphatic carbocycles. The van der Waals surface area contributed by atoms with Gasteiger partial charge < -0.3 is 15.6 Å².